The number of rotatable bonds is 5. The maximum Gasteiger partial charge on any atom is 0.337 e. The Morgan fingerprint density at radius 1 is 0.595 bits per heavy atom. The third-order valence-corrected chi connectivity index (χ3v) is 5.92. The van der Waals surface area contributed by atoms with E-state index in [1.54, 1.807) is 18.2 Å². The molecule has 0 radical (unpaired) electrons. The molecule has 182 valence electrons. The molecule has 0 heterocycles. The van der Waals surface area contributed by atoms with Gasteiger partial charge in [-0.3, -0.25) is 4.79 Å². The van der Waals surface area contributed by atoms with Crippen LogP contribution in [0.4, 0.5) is 21.9 Å². The molecule has 3 N–H and O–H groups in total. The van der Waals surface area contributed by atoms with Crippen molar-refractivity contribution in [2.24, 2.45) is 0 Å². The van der Waals surface area contributed by atoms with E-state index in [4.69, 9.17) is 4.74 Å². The van der Waals surface area contributed by atoms with Crippen molar-refractivity contribution in [3.63, 3.8) is 0 Å². The summed E-state index contributed by atoms with van der Waals surface area (Å²) < 4.78 is 4.85. The third-order valence-electron chi connectivity index (χ3n) is 5.92. The molecule has 37 heavy (non-hydrogen) atoms. The molecule has 0 aliphatic heterocycles. The summed E-state index contributed by atoms with van der Waals surface area (Å²) in [5.74, 6) is -0.946. The van der Waals surface area contributed by atoms with Crippen LogP contribution in [0.15, 0.2) is 103 Å². The van der Waals surface area contributed by atoms with Crippen molar-refractivity contribution in [3.8, 4) is 0 Å². The number of carbonyl (C=O) groups excluding carboxylic acids is 3. The smallest absolute Gasteiger partial charge is 0.337 e. The van der Waals surface area contributed by atoms with Gasteiger partial charge >= 0.3 is 12.0 Å². The number of ether oxygens (including phenoxy) is 1. The first-order valence-corrected chi connectivity index (χ1v) is 11.6. The molecule has 0 aliphatic rings. The molecule has 0 aliphatic carbocycles. The quantitative estimate of drug-likeness (QED) is 0.240. The first-order valence-electron chi connectivity index (χ1n) is 11.6. The van der Waals surface area contributed by atoms with Gasteiger partial charge < -0.3 is 20.7 Å². The van der Waals surface area contributed by atoms with Crippen LogP contribution in [0.5, 0.6) is 0 Å². The van der Waals surface area contributed by atoms with E-state index in [2.05, 4.69) is 16.0 Å². The summed E-state index contributed by atoms with van der Waals surface area (Å²) in [6, 6.07) is 30.6. The molecule has 3 amide bonds. The van der Waals surface area contributed by atoms with Crippen molar-refractivity contribution < 1.29 is 19.1 Å². The number of amides is 3. The summed E-state index contributed by atoms with van der Waals surface area (Å²) >= 11 is 0. The minimum atomic E-state index is -0.598. The summed E-state index contributed by atoms with van der Waals surface area (Å²) in [7, 11) is 1.27. The van der Waals surface area contributed by atoms with Gasteiger partial charge in [0, 0.05) is 22.3 Å². The Kier molecular flexibility index (Phi) is 6.50. The zero-order chi connectivity index (χ0) is 25.8. The van der Waals surface area contributed by atoms with Crippen LogP contribution in [0.25, 0.3) is 21.5 Å². The van der Waals surface area contributed by atoms with E-state index in [1.165, 1.54) is 19.2 Å². The monoisotopic (exact) mass is 489 g/mol. The standard InChI is InChI=1S/C30H23N3O4/c1-37-29(35)23-16-24(31-28(34)22-14-13-19-7-2-3-9-21(19)15-22)18-25(17-23)32-30(36)33-27-12-6-10-20-8-4-5-11-26(20)27/h2-18H,1H3,(H,31,34)(H2,32,33,36). The van der Waals surface area contributed by atoms with Crippen LogP contribution < -0.4 is 16.0 Å². The molecule has 7 nitrogen and oxygen atoms in total. The second kappa shape index (κ2) is 10.2. The maximum atomic E-state index is 13.0. The largest absolute Gasteiger partial charge is 0.465 e. The lowest BCUT2D eigenvalue weighted by molar-refractivity contribution is 0.0600. The predicted molar refractivity (Wildman–Crippen MR) is 146 cm³/mol. The minimum absolute atomic E-state index is 0.180. The van der Waals surface area contributed by atoms with E-state index >= 15 is 0 Å². The molecule has 0 fully saturated rings. The molecule has 0 atom stereocenters. The van der Waals surface area contributed by atoms with Crippen LogP contribution >= 0.6 is 0 Å². The van der Waals surface area contributed by atoms with Crippen LogP contribution in [-0.2, 0) is 4.74 Å². The molecule has 5 aromatic carbocycles. The molecule has 0 aromatic heterocycles. The van der Waals surface area contributed by atoms with Gasteiger partial charge in [-0.05, 0) is 52.6 Å². The molecule has 5 rings (SSSR count). The Labute approximate surface area is 213 Å². The first-order chi connectivity index (χ1) is 18.0. The third kappa shape index (κ3) is 5.26. The summed E-state index contributed by atoms with van der Waals surface area (Å²) in [5.41, 5.74) is 1.94. The van der Waals surface area contributed by atoms with Gasteiger partial charge in [0.25, 0.3) is 5.91 Å². The van der Waals surface area contributed by atoms with Crippen molar-refractivity contribution in [1.82, 2.24) is 0 Å². The first kappa shape index (κ1) is 23.6. The van der Waals surface area contributed by atoms with Gasteiger partial charge in [0.15, 0.2) is 0 Å². The van der Waals surface area contributed by atoms with Crippen molar-refractivity contribution in [2.45, 2.75) is 0 Å². The Bertz CT molecular complexity index is 1660. The number of hydrogen-bond acceptors (Lipinski definition) is 4. The number of anilines is 3. The van der Waals surface area contributed by atoms with Gasteiger partial charge in [0.1, 0.15) is 0 Å². The summed E-state index contributed by atoms with van der Waals surface area (Å²) in [6.07, 6.45) is 0. The molecule has 0 saturated heterocycles. The van der Waals surface area contributed by atoms with E-state index in [0.717, 1.165) is 21.5 Å². The summed E-state index contributed by atoms with van der Waals surface area (Å²) in [4.78, 5) is 38.1. The van der Waals surface area contributed by atoms with E-state index < -0.39 is 12.0 Å². The Hall–Kier alpha value is -5.17. The lowest BCUT2D eigenvalue weighted by Gasteiger charge is -2.13. The zero-order valence-electron chi connectivity index (χ0n) is 19.9. The fourth-order valence-corrected chi connectivity index (χ4v) is 4.16. The second-order valence-corrected chi connectivity index (χ2v) is 8.41. The topological polar surface area (TPSA) is 96.5 Å². The fourth-order valence-electron chi connectivity index (χ4n) is 4.16. The number of hydrogen-bond donors (Lipinski definition) is 3. The van der Waals surface area contributed by atoms with Crippen LogP contribution in [-0.4, -0.2) is 25.0 Å². The highest BCUT2D eigenvalue weighted by Crippen LogP contribution is 2.25. The van der Waals surface area contributed by atoms with Crippen LogP contribution in [0, 0.1) is 0 Å². The lowest BCUT2D eigenvalue weighted by atomic mass is 10.1. The van der Waals surface area contributed by atoms with Crippen molar-refractivity contribution in [1.29, 1.82) is 0 Å². The van der Waals surface area contributed by atoms with Gasteiger partial charge in [-0.1, -0.05) is 66.7 Å². The van der Waals surface area contributed by atoms with E-state index in [1.807, 2.05) is 72.8 Å². The number of benzene rings is 5. The van der Waals surface area contributed by atoms with E-state index in [0.29, 0.717) is 22.6 Å². The number of esters is 1. The molecule has 0 saturated carbocycles. The fraction of sp³-hybridized carbons (Fsp3) is 0.0333. The molecular weight excluding hydrogens is 466 g/mol. The molecule has 0 bridgehead atoms. The number of nitrogens with one attached hydrogen (secondary N) is 3. The van der Waals surface area contributed by atoms with Gasteiger partial charge in [-0.25, -0.2) is 9.59 Å². The normalized spacial score (nSPS) is 10.6. The number of fused-ring (bicyclic) bond motifs is 2. The van der Waals surface area contributed by atoms with Crippen LogP contribution in [0.3, 0.4) is 0 Å². The summed E-state index contributed by atoms with van der Waals surface area (Å²) in [5, 5.41) is 12.2. The average molecular weight is 490 g/mol. The molecular formula is C30H23N3O4. The van der Waals surface area contributed by atoms with Crippen molar-refractivity contribution in [3.05, 3.63) is 114 Å². The van der Waals surface area contributed by atoms with Crippen LogP contribution in [0.2, 0.25) is 0 Å². The molecule has 7 heteroatoms. The highest BCUT2D eigenvalue weighted by Gasteiger charge is 2.14. The lowest BCUT2D eigenvalue weighted by Crippen LogP contribution is -2.20. The molecule has 0 unspecified atom stereocenters. The van der Waals surface area contributed by atoms with E-state index in [-0.39, 0.29) is 11.5 Å². The number of carbonyl (C=O) groups is 3. The highest BCUT2D eigenvalue weighted by atomic mass is 16.5. The van der Waals surface area contributed by atoms with Gasteiger partial charge in [-0.2, -0.15) is 0 Å². The Balaban J connectivity index is 1.38. The van der Waals surface area contributed by atoms with E-state index in [9.17, 15) is 14.4 Å². The van der Waals surface area contributed by atoms with Gasteiger partial charge in [0.05, 0.1) is 18.4 Å². The SMILES string of the molecule is COC(=O)c1cc(NC(=O)Nc2cccc3ccccc23)cc(NC(=O)c2ccc3ccccc3c2)c1. The second-order valence-electron chi connectivity index (χ2n) is 8.41. The van der Waals surface area contributed by atoms with Crippen LogP contribution in [0.1, 0.15) is 20.7 Å². The van der Waals surface area contributed by atoms with Gasteiger partial charge in [0.2, 0.25) is 0 Å². The molecule has 5 aromatic rings. The van der Waals surface area contributed by atoms with Gasteiger partial charge in [-0.15, -0.1) is 0 Å². The van der Waals surface area contributed by atoms with Crippen molar-refractivity contribution in [2.75, 3.05) is 23.1 Å². The predicted octanol–water partition coefficient (Wildman–Crippen LogP) is 6.68. The number of methoxy groups -OCH3 is 1. The summed E-state index contributed by atoms with van der Waals surface area (Å²) in [6.45, 7) is 0. The highest BCUT2D eigenvalue weighted by molar-refractivity contribution is 6.09. The average Bonchev–Trinajstić information content (AvgIpc) is 2.92. The maximum absolute atomic E-state index is 13.0. The van der Waals surface area contributed by atoms with Crippen molar-refractivity contribution >= 4 is 56.5 Å². The number of urea groups is 1. The minimum Gasteiger partial charge on any atom is -0.465 e. The molecule has 0 spiro atoms. The Morgan fingerprint density at radius 2 is 1.27 bits per heavy atom. The Morgan fingerprint density at radius 3 is 2.05 bits per heavy atom. The zero-order valence-corrected chi connectivity index (χ0v) is 19.9.